The molecular formula is C14H28N2O2S. The van der Waals surface area contributed by atoms with Gasteiger partial charge in [0.2, 0.25) is 10.0 Å². The lowest BCUT2D eigenvalue weighted by Gasteiger charge is -2.34. The normalized spacial score (nSPS) is 33.5. The highest BCUT2D eigenvalue weighted by Gasteiger charge is 2.31. The minimum Gasteiger partial charge on any atom is -0.313 e. The third-order valence-corrected chi connectivity index (χ3v) is 6.69. The van der Waals surface area contributed by atoms with E-state index in [-0.39, 0.29) is 17.8 Å². The molecule has 0 aromatic heterocycles. The fraction of sp³-hybridized carbons (Fsp3) is 1.00. The first-order chi connectivity index (χ1) is 8.99. The van der Waals surface area contributed by atoms with Crippen LogP contribution in [0.4, 0.5) is 0 Å². The summed E-state index contributed by atoms with van der Waals surface area (Å²) in [6, 6.07) is 0.375. The third-order valence-electron chi connectivity index (χ3n) is 4.69. The fourth-order valence-electron chi connectivity index (χ4n) is 3.40. The number of piperidine rings is 1. The highest BCUT2D eigenvalue weighted by molar-refractivity contribution is 7.89. The summed E-state index contributed by atoms with van der Waals surface area (Å²) in [6.45, 7) is 3.19. The maximum Gasteiger partial charge on any atom is 0.215 e. The summed E-state index contributed by atoms with van der Waals surface area (Å²) in [6.07, 6.45) is 7.77. The van der Waals surface area contributed by atoms with Crippen molar-refractivity contribution >= 4 is 10.0 Å². The Hall–Kier alpha value is -0.130. The summed E-state index contributed by atoms with van der Waals surface area (Å²) < 4.78 is 26.6. The van der Waals surface area contributed by atoms with Crippen LogP contribution in [0.1, 0.15) is 51.9 Å². The largest absolute Gasteiger partial charge is 0.313 e. The van der Waals surface area contributed by atoms with E-state index >= 15 is 0 Å². The van der Waals surface area contributed by atoms with Gasteiger partial charge in [0.15, 0.2) is 0 Å². The monoisotopic (exact) mass is 288 g/mol. The molecule has 112 valence electrons. The Labute approximate surface area is 118 Å². The van der Waals surface area contributed by atoms with Gasteiger partial charge in [-0.25, -0.2) is 12.7 Å². The van der Waals surface area contributed by atoms with Gasteiger partial charge >= 0.3 is 0 Å². The molecule has 0 spiro atoms. The third kappa shape index (κ3) is 4.17. The van der Waals surface area contributed by atoms with E-state index in [1.807, 2.05) is 0 Å². The minimum atomic E-state index is -3.11. The average molecular weight is 288 g/mol. The van der Waals surface area contributed by atoms with E-state index in [1.54, 1.807) is 11.4 Å². The van der Waals surface area contributed by atoms with Crippen molar-refractivity contribution in [1.29, 1.82) is 0 Å². The van der Waals surface area contributed by atoms with Gasteiger partial charge in [0, 0.05) is 19.1 Å². The Morgan fingerprint density at radius 3 is 2.58 bits per heavy atom. The van der Waals surface area contributed by atoms with Gasteiger partial charge in [0.25, 0.3) is 0 Å². The molecule has 0 aromatic carbocycles. The van der Waals surface area contributed by atoms with Crippen molar-refractivity contribution in [3.8, 4) is 0 Å². The maximum atomic E-state index is 12.5. The second-order valence-corrected chi connectivity index (χ2v) is 8.44. The smallest absolute Gasteiger partial charge is 0.215 e. The molecule has 1 heterocycles. The second kappa shape index (κ2) is 6.55. The molecule has 2 aliphatic rings. The number of nitrogens with one attached hydrogen (secondary N) is 1. The molecule has 0 radical (unpaired) electrons. The Morgan fingerprint density at radius 1 is 1.16 bits per heavy atom. The van der Waals surface area contributed by atoms with Gasteiger partial charge in [0.05, 0.1) is 5.75 Å². The lowest BCUT2D eigenvalue weighted by atomic mass is 9.87. The fourth-order valence-corrected chi connectivity index (χ4v) is 5.07. The van der Waals surface area contributed by atoms with Crippen LogP contribution < -0.4 is 5.32 Å². The van der Waals surface area contributed by atoms with Gasteiger partial charge in [-0.1, -0.05) is 26.2 Å². The topological polar surface area (TPSA) is 49.4 Å². The molecule has 1 aliphatic carbocycles. The first-order valence-electron chi connectivity index (χ1n) is 7.68. The summed E-state index contributed by atoms with van der Waals surface area (Å²) in [5.41, 5.74) is 0. The quantitative estimate of drug-likeness (QED) is 0.860. The van der Waals surface area contributed by atoms with E-state index in [0.717, 1.165) is 38.6 Å². The summed E-state index contributed by atoms with van der Waals surface area (Å²) in [5, 5.41) is 3.34. The molecule has 1 saturated heterocycles. The molecular weight excluding hydrogens is 260 g/mol. The summed E-state index contributed by atoms with van der Waals surface area (Å²) >= 11 is 0. The molecule has 4 nitrogen and oxygen atoms in total. The van der Waals surface area contributed by atoms with Crippen molar-refractivity contribution in [3.63, 3.8) is 0 Å². The Kier molecular flexibility index (Phi) is 5.26. The van der Waals surface area contributed by atoms with Crippen molar-refractivity contribution in [3.05, 3.63) is 0 Å². The molecule has 0 bridgehead atoms. The van der Waals surface area contributed by atoms with Crippen LogP contribution in [-0.2, 0) is 10.0 Å². The second-order valence-electron chi connectivity index (χ2n) is 6.37. The van der Waals surface area contributed by atoms with Crippen LogP contribution in [0.2, 0.25) is 0 Å². The van der Waals surface area contributed by atoms with Crippen LogP contribution in [0.15, 0.2) is 0 Å². The van der Waals surface area contributed by atoms with Gasteiger partial charge in [-0.2, -0.15) is 0 Å². The predicted molar refractivity (Wildman–Crippen MR) is 78.6 cm³/mol. The van der Waals surface area contributed by atoms with Crippen LogP contribution >= 0.6 is 0 Å². The Balaban J connectivity index is 1.93. The van der Waals surface area contributed by atoms with E-state index in [4.69, 9.17) is 0 Å². The number of rotatable bonds is 4. The van der Waals surface area contributed by atoms with E-state index in [0.29, 0.717) is 5.92 Å². The Morgan fingerprint density at radius 2 is 1.95 bits per heavy atom. The highest BCUT2D eigenvalue weighted by atomic mass is 32.2. The zero-order valence-corrected chi connectivity index (χ0v) is 13.1. The van der Waals surface area contributed by atoms with Gasteiger partial charge in [-0.05, 0) is 38.1 Å². The summed E-state index contributed by atoms with van der Waals surface area (Å²) in [7, 11) is -1.33. The summed E-state index contributed by atoms with van der Waals surface area (Å²) in [4.78, 5) is 0. The number of hydrogen-bond donors (Lipinski definition) is 1. The van der Waals surface area contributed by atoms with Crippen LogP contribution in [0.3, 0.4) is 0 Å². The standard InChI is InChI=1S/C14H28N2O2S/c1-12-6-5-8-14(10-12)16(2)19(17,18)11-13-7-3-4-9-15-13/h12-15H,3-11H2,1-2H3. The molecule has 0 aromatic rings. The molecule has 0 amide bonds. The molecule has 1 saturated carbocycles. The van der Waals surface area contributed by atoms with Crippen molar-refractivity contribution in [1.82, 2.24) is 9.62 Å². The SMILES string of the molecule is CC1CCCC(N(C)S(=O)(=O)CC2CCCCN2)C1. The number of hydrogen-bond acceptors (Lipinski definition) is 3. The van der Waals surface area contributed by atoms with Crippen LogP contribution in [0.25, 0.3) is 0 Å². The first-order valence-corrected chi connectivity index (χ1v) is 9.29. The first kappa shape index (κ1) is 15.3. The lowest BCUT2D eigenvalue weighted by molar-refractivity contribution is 0.238. The van der Waals surface area contributed by atoms with Gasteiger partial charge in [0.1, 0.15) is 0 Å². The molecule has 5 heteroatoms. The van der Waals surface area contributed by atoms with Crippen molar-refractivity contribution in [2.24, 2.45) is 5.92 Å². The van der Waals surface area contributed by atoms with Gasteiger partial charge in [-0.3, -0.25) is 0 Å². The highest BCUT2D eigenvalue weighted by Crippen LogP contribution is 2.28. The Bertz CT molecular complexity index is 377. The van der Waals surface area contributed by atoms with E-state index in [1.165, 1.54) is 12.8 Å². The molecule has 2 rings (SSSR count). The molecule has 1 N–H and O–H groups in total. The van der Waals surface area contributed by atoms with E-state index in [2.05, 4.69) is 12.2 Å². The van der Waals surface area contributed by atoms with Crippen molar-refractivity contribution in [2.45, 2.75) is 64.0 Å². The zero-order valence-electron chi connectivity index (χ0n) is 12.3. The van der Waals surface area contributed by atoms with Crippen molar-refractivity contribution in [2.75, 3.05) is 19.3 Å². The molecule has 1 aliphatic heterocycles. The average Bonchev–Trinajstić information content (AvgIpc) is 2.38. The molecule has 3 atom stereocenters. The van der Waals surface area contributed by atoms with Gasteiger partial charge < -0.3 is 5.32 Å². The molecule has 19 heavy (non-hydrogen) atoms. The van der Waals surface area contributed by atoms with Gasteiger partial charge in [-0.15, -0.1) is 0 Å². The summed E-state index contributed by atoms with van der Waals surface area (Å²) in [5.74, 6) is 0.929. The number of nitrogens with zero attached hydrogens (tertiary/aromatic N) is 1. The molecule has 2 fully saturated rings. The van der Waals surface area contributed by atoms with E-state index < -0.39 is 10.0 Å². The van der Waals surface area contributed by atoms with Crippen molar-refractivity contribution < 1.29 is 8.42 Å². The number of sulfonamides is 1. The van der Waals surface area contributed by atoms with Crippen LogP contribution in [0.5, 0.6) is 0 Å². The lowest BCUT2D eigenvalue weighted by Crippen LogP contribution is -2.46. The zero-order chi connectivity index (χ0) is 13.9. The minimum absolute atomic E-state index is 0.155. The molecule has 3 unspecified atom stereocenters. The van der Waals surface area contributed by atoms with Crippen LogP contribution in [0, 0.1) is 5.92 Å². The maximum absolute atomic E-state index is 12.5. The van der Waals surface area contributed by atoms with E-state index in [9.17, 15) is 8.42 Å². The van der Waals surface area contributed by atoms with Crippen LogP contribution in [-0.4, -0.2) is 44.2 Å². The predicted octanol–water partition coefficient (Wildman–Crippen LogP) is 1.97.